The zero-order chi connectivity index (χ0) is 14.7. The van der Waals surface area contributed by atoms with Gasteiger partial charge in [-0.2, -0.15) is 0 Å². The highest BCUT2D eigenvalue weighted by Crippen LogP contribution is 2.34. The number of nitro benzene ring substituents is 1. The SMILES string of the molecule is CC(=O)c1cccc(Oc2c(C)cccc2[N+](=O)[O-])c1. The summed E-state index contributed by atoms with van der Waals surface area (Å²) in [4.78, 5) is 21.9. The molecule has 0 unspecified atom stereocenters. The number of Topliss-reactive ketones (excluding diaryl/α,β-unsaturated/α-hetero) is 1. The van der Waals surface area contributed by atoms with Gasteiger partial charge in [0.2, 0.25) is 5.75 Å². The zero-order valence-corrected chi connectivity index (χ0v) is 11.1. The summed E-state index contributed by atoms with van der Waals surface area (Å²) < 4.78 is 5.60. The number of nitro groups is 1. The molecule has 0 amide bonds. The third-order valence-corrected chi connectivity index (χ3v) is 2.85. The van der Waals surface area contributed by atoms with Crippen molar-refractivity contribution in [3.8, 4) is 11.5 Å². The van der Waals surface area contributed by atoms with Crippen LogP contribution in [-0.4, -0.2) is 10.7 Å². The van der Waals surface area contributed by atoms with Crippen LogP contribution >= 0.6 is 0 Å². The summed E-state index contributed by atoms with van der Waals surface area (Å²) in [6.45, 7) is 3.19. The van der Waals surface area contributed by atoms with Gasteiger partial charge >= 0.3 is 5.69 Å². The lowest BCUT2D eigenvalue weighted by Crippen LogP contribution is -1.97. The van der Waals surface area contributed by atoms with Crippen LogP contribution in [0.25, 0.3) is 0 Å². The first-order chi connectivity index (χ1) is 9.49. The maximum atomic E-state index is 11.3. The number of para-hydroxylation sites is 1. The summed E-state index contributed by atoms with van der Waals surface area (Å²) in [6, 6.07) is 11.3. The second-order valence-electron chi connectivity index (χ2n) is 4.37. The summed E-state index contributed by atoms with van der Waals surface area (Å²) in [5.74, 6) is 0.503. The number of aryl methyl sites for hydroxylation is 1. The molecule has 0 fully saturated rings. The Morgan fingerprint density at radius 2 is 1.90 bits per heavy atom. The summed E-state index contributed by atoms with van der Waals surface area (Å²) in [5.41, 5.74) is 1.06. The molecule has 0 saturated carbocycles. The highest BCUT2D eigenvalue weighted by Gasteiger charge is 2.17. The number of hydrogen-bond donors (Lipinski definition) is 0. The topological polar surface area (TPSA) is 69.4 Å². The van der Waals surface area contributed by atoms with Crippen molar-refractivity contribution < 1.29 is 14.5 Å². The molecule has 0 saturated heterocycles. The van der Waals surface area contributed by atoms with Crippen molar-refractivity contribution in [1.29, 1.82) is 0 Å². The smallest absolute Gasteiger partial charge is 0.311 e. The molecule has 0 aliphatic rings. The molecule has 2 aromatic carbocycles. The Hall–Kier alpha value is -2.69. The fourth-order valence-electron chi connectivity index (χ4n) is 1.81. The van der Waals surface area contributed by atoms with E-state index in [2.05, 4.69) is 0 Å². The molecule has 5 nitrogen and oxygen atoms in total. The maximum Gasteiger partial charge on any atom is 0.311 e. The molecule has 0 N–H and O–H groups in total. The van der Waals surface area contributed by atoms with E-state index in [-0.39, 0.29) is 17.2 Å². The van der Waals surface area contributed by atoms with Crippen molar-refractivity contribution in [2.75, 3.05) is 0 Å². The lowest BCUT2D eigenvalue weighted by Gasteiger charge is -2.09. The minimum absolute atomic E-state index is 0.0882. The van der Waals surface area contributed by atoms with Gasteiger partial charge in [-0.1, -0.05) is 24.3 Å². The van der Waals surface area contributed by atoms with Crippen LogP contribution in [0.3, 0.4) is 0 Å². The van der Waals surface area contributed by atoms with Crippen molar-refractivity contribution in [3.05, 3.63) is 63.7 Å². The largest absolute Gasteiger partial charge is 0.450 e. The lowest BCUT2D eigenvalue weighted by atomic mass is 10.1. The van der Waals surface area contributed by atoms with Gasteiger partial charge in [0, 0.05) is 11.6 Å². The predicted molar refractivity (Wildman–Crippen MR) is 74.4 cm³/mol. The molecule has 0 aliphatic heterocycles. The van der Waals surface area contributed by atoms with Crippen molar-refractivity contribution in [2.24, 2.45) is 0 Å². The van der Waals surface area contributed by atoms with Crippen molar-refractivity contribution in [2.45, 2.75) is 13.8 Å². The Kier molecular flexibility index (Phi) is 3.79. The van der Waals surface area contributed by atoms with Crippen LogP contribution in [-0.2, 0) is 0 Å². The summed E-state index contributed by atoms with van der Waals surface area (Å²) in [6.07, 6.45) is 0. The first-order valence-electron chi connectivity index (χ1n) is 6.02. The number of carbonyl (C=O) groups is 1. The van der Waals surface area contributed by atoms with Crippen LogP contribution in [0.1, 0.15) is 22.8 Å². The molecular weight excluding hydrogens is 258 g/mol. The van der Waals surface area contributed by atoms with E-state index in [9.17, 15) is 14.9 Å². The van der Waals surface area contributed by atoms with Crippen LogP contribution < -0.4 is 4.74 Å². The monoisotopic (exact) mass is 271 g/mol. The van der Waals surface area contributed by atoms with E-state index in [1.165, 1.54) is 13.0 Å². The van der Waals surface area contributed by atoms with E-state index >= 15 is 0 Å². The first kappa shape index (κ1) is 13.7. The Labute approximate surface area is 116 Å². The number of carbonyl (C=O) groups excluding carboxylic acids is 1. The van der Waals surface area contributed by atoms with E-state index < -0.39 is 4.92 Å². The van der Waals surface area contributed by atoms with Gasteiger partial charge in [0.25, 0.3) is 0 Å². The van der Waals surface area contributed by atoms with Gasteiger partial charge in [-0.05, 0) is 31.5 Å². The molecule has 5 heteroatoms. The Morgan fingerprint density at radius 1 is 1.20 bits per heavy atom. The van der Waals surface area contributed by atoms with E-state index in [1.807, 2.05) is 0 Å². The van der Waals surface area contributed by atoms with Crippen LogP contribution in [0.4, 0.5) is 5.69 Å². The fraction of sp³-hybridized carbons (Fsp3) is 0.133. The van der Waals surface area contributed by atoms with Gasteiger partial charge in [0.05, 0.1) is 4.92 Å². The van der Waals surface area contributed by atoms with Gasteiger partial charge in [-0.25, -0.2) is 0 Å². The molecule has 20 heavy (non-hydrogen) atoms. The summed E-state index contributed by atoms with van der Waals surface area (Å²) in [7, 11) is 0. The molecule has 0 spiro atoms. The van der Waals surface area contributed by atoms with Crippen LogP contribution in [0.15, 0.2) is 42.5 Å². The number of rotatable bonds is 4. The second-order valence-corrected chi connectivity index (χ2v) is 4.37. The van der Waals surface area contributed by atoms with Crippen molar-refractivity contribution >= 4 is 11.5 Å². The van der Waals surface area contributed by atoms with E-state index in [1.54, 1.807) is 43.3 Å². The molecule has 0 atom stereocenters. The van der Waals surface area contributed by atoms with Crippen molar-refractivity contribution in [3.63, 3.8) is 0 Å². The van der Waals surface area contributed by atoms with Gasteiger partial charge < -0.3 is 4.74 Å². The average molecular weight is 271 g/mol. The van der Waals surface area contributed by atoms with Gasteiger partial charge in [0.15, 0.2) is 5.78 Å². The number of nitrogens with zero attached hydrogens (tertiary/aromatic N) is 1. The number of hydrogen-bond acceptors (Lipinski definition) is 4. The quantitative estimate of drug-likeness (QED) is 0.480. The van der Waals surface area contributed by atoms with Crippen LogP contribution in [0.2, 0.25) is 0 Å². The Morgan fingerprint density at radius 3 is 2.55 bits per heavy atom. The number of benzene rings is 2. The first-order valence-corrected chi connectivity index (χ1v) is 6.02. The Balaban J connectivity index is 2.42. The third-order valence-electron chi connectivity index (χ3n) is 2.85. The summed E-state index contributed by atoms with van der Waals surface area (Å²) in [5, 5.41) is 11.0. The molecule has 0 bridgehead atoms. The zero-order valence-electron chi connectivity index (χ0n) is 11.1. The molecule has 0 heterocycles. The standard InChI is InChI=1S/C15H13NO4/c1-10-5-3-8-14(16(18)19)15(10)20-13-7-4-6-12(9-13)11(2)17/h3-9H,1-2H3. The highest BCUT2D eigenvalue weighted by molar-refractivity contribution is 5.94. The Bertz CT molecular complexity index is 679. The van der Waals surface area contributed by atoms with E-state index in [4.69, 9.17) is 4.74 Å². The maximum absolute atomic E-state index is 11.3. The third kappa shape index (κ3) is 2.83. The highest BCUT2D eigenvalue weighted by atomic mass is 16.6. The fourth-order valence-corrected chi connectivity index (χ4v) is 1.81. The van der Waals surface area contributed by atoms with Crippen LogP contribution in [0, 0.1) is 17.0 Å². The minimum Gasteiger partial charge on any atom is -0.450 e. The normalized spacial score (nSPS) is 10.1. The predicted octanol–water partition coefficient (Wildman–Crippen LogP) is 3.90. The number of ketones is 1. The van der Waals surface area contributed by atoms with E-state index in [0.29, 0.717) is 16.9 Å². The summed E-state index contributed by atoms with van der Waals surface area (Å²) >= 11 is 0. The molecule has 0 aliphatic carbocycles. The molecular formula is C15H13NO4. The van der Waals surface area contributed by atoms with Crippen molar-refractivity contribution in [1.82, 2.24) is 0 Å². The molecule has 102 valence electrons. The molecule has 2 aromatic rings. The van der Waals surface area contributed by atoms with E-state index in [0.717, 1.165) is 0 Å². The van der Waals surface area contributed by atoms with Gasteiger partial charge in [-0.3, -0.25) is 14.9 Å². The average Bonchev–Trinajstić information content (AvgIpc) is 2.41. The van der Waals surface area contributed by atoms with Gasteiger partial charge in [0.1, 0.15) is 5.75 Å². The van der Waals surface area contributed by atoms with Gasteiger partial charge in [-0.15, -0.1) is 0 Å². The number of ether oxygens (including phenoxy) is 1. The second kappa shape index (κ2) is 5.52. The van der Waals surface area contributed by atoms with Crippen LogP contribution in [0.5, 0.6) is 11.5 Å². The molecule has 2 rings (SSSR count). The lowest BCUT2D eigenvalue weighted by molar-refractivity contribution is -0.385. The molecule has 0 radical (unpaired) electrons. The molecule has 0 aromatic heterocycles. The minimum atomic E-state index is -0.489.